The van der Waals surface area contributed by atoms with Crippen molar-refractivity contribution >= 4 is 11.9 Å². The van der Waals surface area contributed by atoms with Crippen molar-refractivity contribution in [2.45, 2.75) is 105 Å². The zero-order valence-corrected chi connectivity index (χ0v) is 18.7. The summed E-state index contributed by atoms with van der Waals surface area (Å²) in [6, 6.07) is 0. The summed E-state index contributed by atoms with van der Waals surface area (Å²) >= 11 is 0. The quantitative estimate of drug-likeness (QED) is 0.301. The number of carbonyl (C=O) groups is 2. The Morgan fingerprint density at radius 2 is 1.52 bits per heavy atom. The van der Waals surface area contributed by atoms with E-state index in [-0.39, 0.29) is 17.0 Å². The van der Waals surface area contributed by atoms with Gasteiger partial charge in [-0.05, 0) is 51.4 Å². The Bertz CT molecular complexity index is 481. The Kier molecular flexibility index (Phi) is 14.8. The molecular weight excluding hydrogens is 340 g/mol. The lowest BCUT2D eigenvalue weighted by Gasteiger charge is -2.27. The molecule has 4 heteroatoms. The summed E-state index contributed by atoms with van der Waals surface area (Å²) in [5.74, 6) is -1.12. The highest BCUT2D eigenvalue weighted by Gasteiger charge is 2.24. The molecule has 2 unspecified atom stereocenters. The summed E-state index contributed by atoms with van der Waals surface area (Å²) in [5, 5.41) is 8.80. The fourth-order valence-corrected chi connectivity index (χ4v) is 2.65. The smallest absolute Gasteiger partial charge is 0.330 e. The molecule has 0 bridgehead atoms. The average Bonchev–Trinajstić information content (AvgIpc) is 2.65. The maximum absolute atomic E-state index is 11.0. The van der Waals surface area contributed by atoms with Gasteiger partial charge in [-0.15, -0.1) is 0 Å². The molecule has 1 N–H and O–H groups in total. The number of hydrogen-bond donors (Lipinski definition) is 1. The van der Waals surface area contributed by atoms with Crippen molar-refractivity contribution in [2.24, 2.45) is 5.41 Å². The van der Waals surface area contributed by atoms with Crippen LogP contribution in [0, 0.1) is 5.41 Å². The van der Waals surface area contributed by atoms with E-state index < -0.39 is 5.97 Å². The number of carbonyl (C=O) groups excluding carboxylic acids is 1. The summed E-state index contributed by atoms with van der Waals surface area (Å²) in [6.45, 7) is 17.6. The van der Waals surface area contributed by atoms with E-state index >= 15 is 0 Å². The van der Waals surface area contributed by atoms with Crippen LogP contribution >= 0.6 is 0 Å². The molecule has 0 saturated carbocycles. The minimum absolute atomic E-state index is 0.0541. The number of ether oxygens (including phenoxy) is 1. The molecule has 0 heterocycles. The molecule has 0 fully saturated rings. The van der Waals surface area contributed by atoms with E-state index in [9.17, 15) is 9.59 Å². The molecule has 0 aromatic heterocycles. The van der Waals surface area contributed by atoms with Crippen LogP contribution < -0.4 is 0 Å². The van der Waals surface area contributed by atoms with Gasteiger partial charge in [0, 0.05) is 11.6 Å². The third-order valence-corrected chi connectivity index (χ3v) is 5.13. The summed E-state index contributed by atoms with van der Waals surface area (Å²) in [7, 11) is 0. The van der Waals surface area contributed by atoms with Gasteiger partial charge in [0.05, 0.1) is 0 Å². The normalized spacial score (nSPS) is 15.6. The van der Waals surface area contributed by atoms with E-state index in [4.69, 9.17) is 9.84 Å². The first kappa shape index (κ1) is 27.6. The zero-order valence-electron chi connectivity index (χ0n) is 18.7. The van der Waals surface area contributed by atoms with Gasteiger partial charge >= 0.3 is 11.9 Å². The molecule has 0 rings (SSSR count). The van der Waals surface area contributed by atoms with Gasteiger partial charge in [0.2, 0.25) is 0 Å². The van der Waals surface area contributed by atoms with E-state index in [1.807, 2.05) is 19.9 Å². The van der Waals surface area contributed by atoms with Gasteiger partial charge in [-0.3, -0.25) is 0 Å². The molecule has 0 spiro atoms. The van der Waals surface area contributed by atoms with Crippen molar-refractivity contribution in [3.63, 3.8) is 0 Å². The maximum atomic E-state index is 11.0. The van der Waals surface area contributed by atoms with Crippen molar-refractivity contribution in [1.82, 2.24) is 0 Å². The monoisotopic (exact) mass is 382 g/mol. The molecule has 0 aromatic rings. The molecule has 0 aliphatic carbocycles. The SMILES string of the molecule is C=CC(=O)OC(C)(CC)CCCC.CCCCC(C)(C=C(C)C(=O)O)CC. The average molecular weight is 383 g/mol. The fraction of sp³-hybridized carbons (Fsp3) is 0.739. The Hall–Kier alpha value is -1.58. The van der Waals surface area contributed by atoms with Gasteiger partial charge in [0.1, 0.15) is 5.60 Å². The minimum atomic E-state index is -0.804. The molecule has 0 radical (unpaired) electrons. The van der Waals surface area contributed by atoms with Gasteiger partial charge in [-0.1, -0.05) is 66.5 Å². The lowest BCUT2D eigenvalue weighted by atomic mass is 9.81. The van der Waals surface area contributed by atoms with Crippen LogP contribution in [0.5, 0.6) is 0 Å². The van der Waals surface area contributed by atoms with Crippen molar-refractivity contribution < 1.29 is 19.4 Å². The lowest BCUT2D eigenvalue weighted by molar-refractivity contribution is -0.153. The third kappa shape index (κ3) is 13.3. The molecule has 0 saturated heterocycles. The highest BCUT2D eigenvalue weighted by atomic mass is 16.6. The number of rotatable bonds is 12. The Morgan fingerprint density at radius 1 is 1.00 bits per heavy atom. The first-order valence-electron chi connectivity index (χ1n) is 10.3. The van der Waals surface area contributed by atoms with Gasteiger partial charge in [0.15, 0.2) is 0 Å². The van der Waals surface area contributed by atoms with Crippen molar-refractivity contribution in [3.8, 4) is 0 Å². The van der Waals surface area contributed by atoms with Gasteiger partial charge in [0.25, 0.3) is 0 Å². The summed E-state index contributed by atoms with van der Waals surface area (Å²) in [4.78, 5) is 21.7. The first-order valence-corrected chi connectivity index (χ1v) is 10.3. The van der Waals surface area contributed by atoms with Crippen LogP contribution in [-0.4, -0.2) is 22.6 Å². The Balaban J connectivity index is 0. The van der Waals surface area contributed by atoms with Crippen LogP contribution in [-0.2, 0) is 14.3 Å². The highest BCUT2D eigenvalue weighted by molar-refractivity contribution is 5.85. The topological polar surface area (TPSA) is 63.6 Å². The van der Waals surface area contributed by atoms with Crippen LogP contribution in [0.2, 0.25) is 0 Å². The zero-order chi connectivity index (χ0) is 21.5. The molecule has 0 aromatic carbocycles. The molecule has 0 aliphatic heterocycles. The Labute approximate surface area is 167 Å². The van der Waals surface area contributed by atoms with Crippen LogP contribution in [0.4, 0.5) is 0 Å². The molecule has 27 heavy (non-hydrogen) atoms. The number of hydrogen-bond acceptors (Lipinski definition) is 3. The van der Waals surface area contributed by atoms with Gasteiger partial charge < -0.3 is 9.84 Å². The lowest BCUT2D eigenvalue weighted by Crippen LogP contribution is -2.30. The number of allylic oxidation sites excluding steroid dienone is 1. The summed E-state index contributed by atoms with van der Waals surface area (Å²) in [5.41, 5.74) is 0.213. The molecular formula is C23H42O4. The second-order valence-corrected chi connectivity index (χ2v) is 7.78. The van der Waals surface area contributed by atoms with Crippen molar-refractivity contribution in [2.75, 3.05) is 0 Å². The maximum Gasteiger partial charge on any atom is 0.330 e. The van der Waals surface area contributed by atoms with E-state index in [0.29, 0.717) is 5.57 Å². The number of aliphatic carboxylic acids is 1. The summed E-state index contributed by atoms with van der Waals surface area (Å²) < 4.78 is 5.28. The van der Waals surface area contributed by atoms with E-state index in [2.05, 4.69) is 34.3 Å². The fourth-order valence-electron chi connectivity index (χ4n) is 2.65. The van der Waals surface area contributed by atoms with E-state index in [1.54, 1.807) is 6.92 Å². The van der Waals surface area contributed by atoms with Crippen LogP contribution in [0.3, 0.4) is 0 Å². The predicted molar refractivity (Wildman–Crippen MR) is 114 cm³/mol. The second-order valence-electron chi connectivity index (χ2n) is 7.78. The third-order valence-electron chi connectivity index (χ3n) is 5.13. The van der Waals surface area contributed by atoms with Gasteiger partial charge in [-0.25, -0.2) is 9.59 Å². The molecule has 0 amide bonds. The molecule has 158 valence electrons. The van der Waals surface area contributed by atoms with E-state index in [1.165, 1.54) is 6.08 Å². The second kappa shape index (κ2) is 14.5. The van der Waals surface area contributed by atoms with E-state index in [0.717, 1.165) is 51.4 Å². The number of unbranched alkanes of at least 4 members (excludes halogenated alkanes) is 2. The number of carboxylic acids is 1. The highest BCUT2D eigenvalue weighted by Crippen LogP contribution is 2.31. The predicted octanol–water partition coefficient (Wildman–Crippen LogP) is 6.70. The van der Waals surface area contributed by atoms with Crippen molar-refractivity contribution in [3.05, 3.63) is 24.3 Å². The first-order chi connectivity index (χ1) is 12.5. The Morgan fingerprint density at radius 3 is 1.89 bits per heavy atom. The van der Waals surface area contributed by atoms with Crippen LogP contribution in [0.25, 0.3) is 0 Å². The van der Waals surface area contributed by atoms with Crippen LogP contribution in [0.15, 0.2) is 24.3 Å². The van der Waals surface area contributed by atoms with Crippen LogP contribution in [0.1, 0.15) is 99.8 Å². The van der Waals surface area contributed by atoms with Gasteiger partial charge in [-0.2, -0.15) is 0 Å². The minimum Gasteiger partial charge on any atom is -0.478 e. The number of esters is 1. The molecule has 2 atom stereocenters. The standard InChI is InChI=1S/C12H22O2.C11H20O2/c1-5-7-8-12(4,6-2)9-10(3)11(13)14;1-5-8-9-11(4,7-3)13-10(12)6-2/h9H,5-8H2,1-4H3,(H,13,14);6H,2,5,7-9H2,1,3-4H3. The summed E-state index contributed by atoms with van der Waals surface area (Å²) in [6.07, 6.45) is 11.5. The molecule has 0 aliphatic rings. The largest absolute Gasteiger partial charge is 0.478 e. The van der Waals surface area contributed by atoms with Crippen molar-refractivity contribution in [1.29, 1.82) is 0 Å². The molecule has 4 nitrogen and oxygen atoms in total. The number of carboxylic acid groups (broad SMARTS) is 1.